The number of ether oxygens (including phenoxy) is 1. The molecule has 222 valence electrons. The Morgan fingerprint density at radius 3 is 2.74 bits per heavy atom. The number of aryl methyl sites for hydroxylation is 1. The summed E-state index contributed by atoms with van der Waals surface area (Å²) in [6, 6.07) is 14.1. The molecule has 0 bridgehead atoms. The van der Waals surface area contributed by atoms with Crippen LogP contribution in [0.15, 0.2) is 54.7 Å². The van der Waals surface area contributed by atoms with Crippen LogP contribution in [0.2, 0.25) is 0 Å². The van der Waals surface area contributed by atoms with Crippen molar-refractivity contribution in [3.63, 3.8) is 0 Å². The minimum absolute atomic E-state index is 0. The van der Waals surface area contributed by atoms with Crippen LogP contribution in [0.25, 0.3) is 11.0 Å². The Morgan fingerprint density at radius 2 is 1.93 bits per heavy atom. The van der Waals surface area contributed by atoms with Crippen LogP contribution in [0.3, 0.4) is 0 Å². The van der Waals surface area contributed by atoms with Crippen LogP contribution in [-0.4, -0.2) is 50.9 Å². The summed E-state index contributed by atoms with van der Waals surface area (Å²) in [4.78, 5) is 35.2. The second-order valence-electron chi connectivity index (χ2n) is 11.1. The molecule has 2 aliphatic rings. The molecule has 1 saturated carbocycles. The van der Waals surface area contributed by atoms with E-state index in [1.54, 1.807) is 18.2 Å². The zero-order chi connectivity index (χ0) is 29.1. The first-order valence-corrected chi connectivity index (χ1v) is 14.7. The summed E-state index contributed by atoms with van der Waals surface area (Å²) >= 11 is 0. The van der Waals surface area contributed by atoms with Crippen molar-refractivity contribution in [1.82, 2.24) is 24.8 Å². The summed E-state index contributed by atoms with van der Waals surface area (Å²) in [5.74, 6) is 1.72. The highest BCUT2D eigenvalue weighted by Gasteiger charge is 2.21. The van der Waals surface area contributed by atoms with E-state index < -0.39 is 0 Å². The van der Waals surface area contributed by atoms with Gasteiger partial charge in [-0.3, -0.25) is 14.6 Å². The number of fused-ring (bicyclic) bond motifs is 1. The Labute approximate surface area is 247 Å². The van der Waals surface area contributed by atoms with Crippen LogP contribution in [0, 0.1) is 5.82 Å². The maximum atomic E-state index is 14.5. The number of carbonyl (C=O) groups excluding carboxylic acids is 2. The third kappa shape index (κ3) is 6.07. The van der Waals surface area contributed by atoms with Crippen molar-refractivity contribution in [3.8, 4) is 11.5 Å². The predicted octanol–water partition coefficient (Wildman–Crippen LogP) is 6.54. The Hall–Kier alpha value is -4.47. The van der Waals surface area contributed by atoms with Crippen LogP contribution < -0.4 is 15.4 Å². The topological polar surface area (TPSA) is 101 Å². The predicted molar refractivity (Wildman–Crippen MR) is 163 cm³/mol. The number of pyridine rings is 1. The summed E-state index contributed by atoms with van der Waals surface area (Å²) in [6.45, 7) is 1.90. The molecule has 2 N–H and O–H groups in total. The van der Waals surface area contributed by atoms with Gasteiger partial charge in [0.1, 0.15) is 23.0 Å². The average Bonchev–Trinajstić information content (AvgIpc) is 3.74. The molecule has 0 spiro atoms. The molecule has 42 heavy (non-hydrogen) atoms. The minimum Gasteiger partial charge on any atom is -0.457 e. The summed E-state index contributed by atoms with van der Waals surface area (Å²) < 4.78 is 22.5. The Morgan fingerprint density at radius 1 is 1.10 bits per heavy atom. The van der Waals surface area contributed by atoms with E-state index in [9.17, 15) is 14.0 Å². The number of hydrogen-bond donors (Lipinski definition) is 2. The molecular formula is C32H39FN6O3. The van der Waals surface area contributed by atoms with Crippen molar-refractivity contribution in [2.45, 2.75) is 50.9 Å². The fraction of sp³-hybridized carbons (Fsp3) is 0.375. The maximum Gasteiger partial charge on any atom is 0.270 e. The fourth-order valence-corrected chi connectivity index (χ4v) is 5.89. The number of halogens is 1. The van der Waals surface area contributed by atoms with Crippen molar-refractivity contribution in [2.24, 2.45) is 7.05 Å². The van der Waals surface area contributed by atoms with Gasteiger partial charge in [0.15, 0.2) is 0 Å². The average molecular weight is 575 g/mol. The molecule has 4 aromatic rings. The second kappa shape index (κ2) is 12.2. The van der Waals surface area contributed by atoms with E-state index in [0.717, 1.165) is 60.9 Å². The summed E-state index contributed by atoms with van der Waals surface area (Å²) in [6.07, 6.45) is 8.11. The smallest absolute Gasteiger partial charge is 0.270 e. The number of imidazole rings is 1. The van der Waals surface area contributed by atoms with Crippen LogP contribution in [0.1, 0.15) is 69.8 Å². The molecule has 2 aromatic carbocycles. The molecule has 6 rings (SSSR count). The van der Waals surface area contributed by atoms with E-state index in [1.165, 1.54) is 12.3 Å². The van der Waals surface area contributed by atoms with Crippen LogP contribution in [0.4, 0.5) is 16.0 Å². The van der Waals surface area contributed by atoms with Gasteiger partial charge in [0.05, 0.1) is 11.0 Å². The highest BCUT2D eigenvalue weighted by molar-refractivity contribution is 5.92. The van der Waals surface area contributed by atoms with Gasteiger partial charge in [-0.2, -0.15) is 0 Å². The van der Waals surface area contributed by atoms with E-state index in [0.29, 0.717) is 43.4 Å². The zero-order valence-electron chi connectivity index (χ0n) is 23.7. The number of rotatable bonds is 10. The number of benzene rings is 2. The number of anilines is 2. The van der Waals surface area contributed by atoms with Gasteiger partial charge in [-0.05, 0) is 73.6 Å². The Bertz CT molecular complexity index is 1630. The quantitative estimate of drug-likeness (QED) is 0.209. The van der Waals surface area contributed by atoms with Crippen molar-refractivity contribution in [3.05, 3.63) is 71.8 Å². The van der Waals surface area contributed by atoms with Crippen LogP contribution in [-0.2, 0) is 11.8 Å². The lowest BCUT2D eigenvalue weighted by Crippen LogP contribution is -2.30. The number of nitrogens with one attached hydrogen (secondary N) is 2. The van der Waals surface area contributed by atoms with E-state index in [4.69, 9.17) is 9.72 Å². The minimum atomic E-state index is -0.291. The van der Waals surface area contributed by atoms with Gasteiger partial charge in [-0.15, -0.1) is 0 Å². The summed E-state index contributed by atoms with van der Waals surface area (Å²) in [7, 11) is 1.93. The Balaban J connectivity index is 0.00000221. The SMILES string of the molecule is Cn1c(Nc2ccc(F)c(C3CCCC3)c2)nc2cc(Oc3ccnc(C(=O)NCCCN4CCCC4=O)c3)ccc21.[HH].[HH]. The molecular weight excluding hydrogens is 535 g/mol. The molecule has 1 saturated heterocycles. The number of nitrogens with zero attached hydrogens (tertiary/aromatic N) is 4. The highest BCUT2D eigenvalue weighted by atomic mass is 19.1. The molecule has 3 heterocycles. The third-order valence-electron chi connectivity index (χ3n) is 8.16. The largest absolute Gasteiger partial charge is 0.457 e. The normalized spacial score (nSPS) is 15.5. The number of carbonyl (C=O) groups is 2. The third-order valence-corrected chi connectivity index (χ3v) is 8.16. The highest BCUT2D eigenvalue weighted by Crippen LogP contribution is 2.37. The van der Waals surface area contributed by atoms with Crippen LogP contribution >= 0.6 is 0 Å². The molecule has 0 atom stereocenters. The molecule has 1 aliphatic heterocycles. The zero-order valence-corrected chi connectivity index (χ0v) is 23.7. The lowest BCUT2D eigenvalue weighted by atomic mass is 9.96. The van der Waals surface area contributed by atoms with Gasteiger partial charge in [0.25, 0.3) is 5.91 Å². The maximum absolute atomic E-state index is 14.5. The number of aromatic nitrogens is 3. The van der Waals surface area contributed by atoms with Gasteiger partial charge in [0, 0.05) is 60.0 Å². The number of likely N-dealkylation sites (tertiary alicyclic amines) is 1. The van der Waals surface area contributed by atoms with E-state index >= 15 is 0 Å². The molecule has 2 amide bonds. The Kier molecular flexibility index (Phi) is 8.03. The van der Waals surface area contributed by atoms with Crippen molar-refractivity contribution in [2.75, 3.05) is 25.0 Å². The molecule has 9 nitrogen and oxygen atoms in total. The van der Waals surface area contributed by atoms with Crippen molar-refractivity contribution in [1.29, 1.82) is 0 Å². The fourth-order valence-electron chi connectivity index (χ4n) is 5.89. The van der Waals surface area contributed by atoms with Crippen molar-refractivity contribution < 1.29 is 21.6 Å². The van der Waals surface area contributed by atoms with Gasteiger partial charge >= 0.3 is 0 Å². The first-order valence-electron chi connectivity index (χ1n) is 14.7. The van der Waals surface area contributed by atoms with E-state index in [-0.39, 0.29) is 32.1 Å². The molecule has 10 heteroatoms. The second-order valence-corrected chi connectivity index (χ2v) is 11.1. The summed E-state index contributed by atoms with van der Waals surface area (Å²) in [5, 5.41) is 6.22. The van der Waals surface area contributed by atoms with Gasteiger partial charge < -0.3 is 24.8 Å². The van der Waals surface area contributed by atoms with Crippen LogP contribution in [0.5, 0.6) is 11.5 Å². The molecule has 0 radical (unpaired) electrons. The van der Waals surface area contributed by atoms with Gasteiger partial charge in [-0.1, -0.05) is 12.8 Å². The molecule has 2 aromatic heterocycles. The molecule has 1 aliphatic carbocycles. The lowest BCUT2D eigenvalue weighted by Gasteiger charge is -2.15. The first-order chi connectivity index (χ1) is 20.4. The number of hydrogen-bond acceptors (Lipinski definition) is 6. The molecule has 2 fully saturated rings. The monoisotopic (exact) mass is 574 g/mol. The van der Waals surface area contributed by atoms with E-state index in [1.807, 2.05) is 40.8 Å². The van der Waals surface area contributed by atoms with Gasteiger partial charge in [0.2, 0.25) is 11.9 Å². The van der Waals surface area contributed by atoms with Crippen molar-refractivity contribution >= 4 is 34.5 Å². The summed E-state index contributed by atoms with van der Waals surface area (Å²) in [5.41, 5.74) is 3.48. The lowest BCUT2D eigenvalue weighted by molar-refractivity contribution is -0.127. The molecule has 0 unspecified atom stereocenters. The first kappa shape index (κ1) is 27.7. The van der Waals surface area contributed by atoms with E-state index in [2.05, 4.69) is 15.6 Å². The number of amides is 2. The van der Waals surface area contributed by atoms with Gasteiger partial charge in [-0.25, -0.2) is 9.37 Å². The standard InChI is InChI=1S/C32H35FN6O3.2H2/c1-38-29-12-10-23(19-27(29)37-32(38)36-22-9-11-26(33)25(18-22)21-6-2-3-7-21)42-24-13-15-34-28(20-24)31(41)35-14-5-17-39-16-4-8-30(39)40;;/h9-13,15,18-21H,2-8,14,16-17H2,1H3,(H,35,41)(H,36,37);2*1H.